The van der Waals surface area contributed by atoms with E-state index in [0.717, 1.165) is 11.3 Å². The molecule has 7 nitrogen and oxygen atoms in total. The Kier molecular flexibility index (Phi) is 4.21. The quantitative estimate of drug-likeness (QED) is 0.525. The minimum atomic E-state index is -0.319. The zero-order valence-electron chi connectivity index (χ0n) is 16.0. The van der Waals surface area contributed by atoms with Crippen LogP contribution in [0.4, 0.5) is 4.39 Å². The Morgan fingerprint density at radius 3 is 2.72 bits per heavy atom. The summed E-state index contributed by atoms with van der Waals surface area (Å²) in [5.41, 5.74) is 5.52. The van der Waals surface area contributed by atoms with Gasteiger partial charge in [-0.2, -0.15) is 4.98 Å². The first-order valence-corrected chi connectivity index (χ1v) is 9.29. The molecule has 0 amide bonds. The first kappa shape index (κ1) is 17.7. The van der Waals surface area contributed by atoms with E-state index in [1.807, 2.05) is 4.68 Å². The molecule has 146 valence electrons. The fourth-order valence-electron chi connectivity index (χ4n) is 3.59. The number of hydrogen-bond acceptors (Lipinski definition) is 6. The third-order valence-corrected chi connectivity index (χ3v) is 5.10. The van der Waals surface area contributed by atoms with Crippen molar-refractivity contribution in [3.8, 4) is 23.0 Å². The fourth-order valence-corrected chi connectivity index (χ4v) is 3.59. The summed E-state index contributed by atoms with van der Waals surface area (Å²) in [7, 11) is 0. The molecule has 8 heteroatoms. The third kappa shape index (κ3) is 3.21. The Labute approximate surface area is 166 Å². The van der Waals surface area contributed by atoms with E-state index in [1.54, 1.807) is 12.1 Å². The maximum absolute atomic E-state index is 13.1. The van der Waals surface area contributed by atoms with Crippen LogP contribution >= 0.6 is 0 Å². The van der Waals surface area contributed by atoms with Crippen LogP contribution in [0.5, 0.6) is 0 Å². The Balaban J connectivity index is 1.42. The van der Waals surface area contributed by atoms with Gasteiger partial charge in [0, 0.05) is 5.56 Å². The minimum absolute atomic E-state index is 0.0879. The van der Waals surface area contributed by atoms with E-state index in [2.05, 4.69) is 52.5 Å². The van der Waals surface area contributed by atoms with E-state index in [9.17, 15) is 4.39 Å². The van der Waals surface area contributed by atoms with Gasteiger partial charge in [-0.1, -0.05) is 34.1 Å². The highest BCUT2D eigenvalue weighted by atomic mass is 19.1. The number of halogens is 1. The van der Waals surface area contributed by atoms with Crippen molar-refractivity contribution in [2.24, 2.45) is 0 Å². The second-order valence-electron chi connectivity index (χ2n) is 7.16. The third-order valence-electron chi connectivity index (χ3n) is 5.10. The summed E-state index contributed by atoms with van der Waals surface area (Å²) in [5, 5.41) is 12.5. The van der Waals surface area contributed by atoms with E-state index in [1.165, 1.54) is 23.3 Å². The molecule has 1 aliphatic heterocycles. The number of aromatic nitrogens is 5. The second kappa shape index (κ2) is 6.89. The largest absolute Gasteiger partial charge is 0.365 e. The number of ether oxygens (including phenoxy) is 1. The Hall–Kier alpha value is -3.39. The summed E-state index contributed by atoms with van der Waals surface area (Å²) in [5.74, 6) is 0.311. The van der Waals surface area contributed by atoms with E-state index in [-0.39, 0.29) is 17.8 Å². The van der Waals surface area contributed by atoms with Crippen LogP contribution in [0, 0.1) is 19.7 Å². The molecule has 0 aliphatic carbocycles. The number of hydrogen-bond donors (Lipinski definition) is 0. The molecule has 0 spiro atoms. The predicted octanol–water partition coefficient (Wildman–Crippen LogP) is 4.02. The first-order chi connectivity index (χ1) is 14.1. The highest BCUT2D eigenvalue weighted by molar-refractivity contribution is 5.58. The summed E-state index contributed by atoms with van der Waals surface area (Å²) in [6.45, 7) is 5.06. The molecule has 3 heterocycles. The second-order valence-corrected chi connectivity index (χ2v) is 7.16. The van der Waals surface area contributed by atoms with Crippen LogP contribution in [0.25, 0.3) is 23.0 Å². The van der Waals surface area contributed by atoms with Crippen molar-refractivity contribution in [3.63, 3.8) is 0 Å². The summed E-state index contributed by atoms with van der Waals surface area (Å²) in [6, 6.07) is 12.2. The number of nitrogens with zero attached hydrogens (tertiary/aromatic N) is 5. The standard InChI is InChI=1S/C21H18FN5O2/c1-12-3-8-16(13(2)9-12)18-10-27-17(11-28-18)19(24-26-27)21-23-20(25-29-21)14-4-6-15(22)7-5-14/h3-9,18H,10-11H2,1-2H3/t18-/m0/s1. The van der Waals surface area contributed by atoms with Crippen LogP contribution in [-0.2, 0) is 17.9 Å². The van der Waals surface area contributed by atoms with Crippen molar-refractivity contribution in [3.05, 3.63) is 70.7 Å². The van der Waals surface area contributed by atoms with Gasteiger partial charge in [-0.3, -0.25) is 0 Å². The van der Waals surface area contributed by atoms with Gasteiger partial charge in [0.15, 0.2) is 5.69 Å². The molecule has 0 N–H and O–H groups in total. The molecule has 2 aromatic heterocycles. The van der Waals surface area contributed by atoms with Crippen LogP contribution in [0.15, 0.2) is 47.0 Å². The van der Waals surface area contributed by atoms with Gasteiger partial charge in [0.05, 0.1) is 18.8 Å². The Bertz CT molecular complexity index is 1180. The van der Waals surface area contributed by atoms with Crippen molar-refractivity contribution in [2.75, 3.05) is 0 Å². The number of fused-ring (bicyclic) bond motifs is 1. The zero-order chi connectivity index (χ0) is 20.0. The molecule has 0 unspecified atom stereocenters. The highest BCUT2D eigenvalue weighted by Gasteiger charge is 2.28. The molecule has 0 saturated carbocycles. The topological polar surface area (TPSA) is 78.9 Å². The van der Waals surface area contributed by atoms with Gasteiger partial charge in [0.2, 0.25) is 5.82 Å². The molecule has 0 fully saturated rings. The lowest BCUT2D eigenvalue weighted by atomic mass is 10.0. The first-order valence-electron chi connectivity index (χ1n) is 9.29. The molecule has 0 radical (unpaired) electrons. The molecule has 0 bridgehead atoms. The Morgan fingerprint density at radius 2 is 1.93 bits per heavy atom. The predicted molar refractivity (Wildman–Crippen MR) is 102 cm³/mol. The van der Waals surface area contributed by atoms with Crippen LogP contribution in [0.3, 0.4) is 0 Å². The molecule has 2 aromatic carbocycles. The molecule has 1 aliphatic rings. The number of rotatable bonds is 3. The molecule has 29 heavy (non-hydrogen) atoms. The van der Waals surface area contributed by atoms with Gasteiger partial charge < -0.3 is 9.26 Å². The number of benzene rings is 2. The van der Waals surface area contributed by atoms with E-state index < -0.39 is 0 Å². The molecular formula is C21H18FN5O2. The maximum atomic E-state index is 13.1. The molecule has 0 saturated heterocycles. The lowest BCUT2D eigenvalue weighted by Gasteiger charge is -2.25. The van der Waals surface area contributed by atoms with Gasteiger partial charge in [0.1, 0.15) is 11.9 Å². The lowest BCUT2D eigenvalue weighted by Crippen LogP contribution is -2.22. The van der Waals surface area contributed by atoms with Crippen molar-refractivity contribution in [2.45, 2.75) is 33.1 Å². The van der Waals surface area contributed by atoms with Crippen molar-refractivity contribution in [1.29, 1.82) is 0 Å². The van der Waals surface area contributed by atoms with E-state index in [4.69, 9.17) is 9.26 Å². The van der Waals surface area contributed by atoms with Crippen LogP contribution in [0.1, 0.15) is 28.5 Å². The van der Waals surface area contributed by atoms with Gasteiger partial charge in [-0.25, -0.2) is 9.07 Å². The van der Waals surface area contributed by atoms with E-state index in [0.29, 0.717) is 30.2 Å². The summed E-state index contributed by atoms with van der Waals surface area (Å²) in [4.78, 5) is 4.39. The van der Waals surface area contributed by atoms with Crippen molar-refractivity contribution >= 4 is 0 Å². The summed E-state index contributed by atoms with van der Waals surface area (Å²) in [6.07, 6.45) is -0.0879. The van der Waals surface area contributed by atoms with Gasteiger partial charge in [-0.05, 0) is 49.2 Å². The molecular weight excluding hydrogens is 373 g/mol. The SMILES string of the molecule is Cc1ccc([C@@H]2Cn3nnc(-c4nc(-c5ccc(F)cc5)no4)c3CO2)c(C)c1. The van der Waals surface area contributed by atoms with Gasteiger partial charge in [0.25, 0.3) is 5.89 Å². The normalized spacial score (nSPS) is 16.0. The van der Waals surface area contributed by atoms with Crippen LogP contribution < -0.4 is 0 Å². The number of aryl methyl sites for hydroxylation is 2. The highest BCUT2D eigenvalue weighted by Crippen LogP contribution is 2.32. The fraction of sp³-hybridized carbons (Fsp3) is 0.238. The summed E-state index contributed by atoms with van der Waals surface area (Å²) < 4.78 is 26.4. The van der Waals surface area contributed by atoms with E-state index >= 15 is 0 Å². The van der Waals surface area contributed by atoms with Gasteiger partial charge >= 0.3 is 0 Å². The van der Waals surface area contributed by atoms with Crippen LogP contribution in [0.2, 0.25) is 0 Å². The average Bonchev–Trinajstić information content (AvgIpc) is 3.35. The lowest BCUT2D eigenvalue weighted by molar-refractivity contribution is -0.00153. The van der Waals surface area contributed by atoms with Crippen molar-refractivity contribution in [1.82, 2.24) is 25.1 Å². The summed E-state index contributed by atoms with van der Waals surface area (Å²) >= 11 is 0. The molecule has 5 rings (SSSR count). The smallest absolute Gasteiger partial charge is 0.280 e. The molecule has 1 atom stereocenters. The van der Waals surface area contributed by atoms with Gasteiger partial charge in [-0.15, -0.1) is 5.10 Å². The van der Waals surface area contributed by atoms with Crippen LogP contribution in [-0.4, -0.2) is 25.1 Å². The Morgan fingerprint density at radius 1 is 1.10 bits per heavy atom. The minimum Gasteiger partial charge on any atom is -0.365 e. The zero-order valence-corrected chi connectivity index (χ0v) is 16.0. The monoisotopic (exact) mass is 391 g/mol. The molecule has 4 aromatic rings. The average molecular weight is 391 g/mol. The maximum Gasteiger partial charge on any atom is 0.280 e. The van der Waals surface area contributed by atoms with Crippen molar-refractivity contribution < 1.29 is 13.7 Å².